The first kappa shape index (κ1) is 34.6. The van der Waals surface area contributed by atoms with Crippen molar-refractivity contribution in [3.05, 3.63) is 102 Å². The molecule has 0 aliphatic rings. The van der Waals surface area contributed by atoms with Crippen LogP contribution in [0.4, 0.5) is 4.79 Å². The van der Waals surface area contributed by atoms with Gasteiger partial charge in [-0.1, -0.05) is 86.6 Å². The highest BCUT2D eigenvalue weighted by Crippen LogP contribution is 2.17. The summed E-state index contributed by atoms with van der Waals surface area (Å²) in [6.45, 7) is 9.11. The topological polar surface area (TPSA) is 149 Å². The van der Waals surface area contributed by atoms with Gasteiger partial charge in [0.2, 0.25) is 17.7 Å². The van der Waals surface area contributed by atoms with Crippen molar-refractivity contribution in [2.75, 3.05) is 0 Å². The molecule has 0 aliphatic carbocycles. The largest absolute Gasteiger partial charge is 0.489 e. The number of carbonyl (C=O) groups excluding carboxylic acids is 4. The molecule has 0 spiro atoms. The molecule has 3 rings (SSSR count). The lowest BCUT2D eigenvalue weighted by molar-refractivity contribution is -0.133. The van der Waals surface area contributed by atoms with E-state index in [-0.39, 0.29) is 18.8 Å². The molecule has 3 atom stereocenters. The van der Waals surface area contributed by atoms with Crippen LogP contribution in [0.25, 0.3) is 0 Å². The summed E-state index contributed by atoms with van der Waals surface area (Å²) >= 11 is 0. The molecule has 10 nitrogen and oxygen atoms in total. The van der Waals surface area contributed by atoms with Gasteiger partial charge in [-0.25, -0.2) is 4.79 Å². The van der Waals surface area contributed by atoms with Crippen molar-refractivity contribution in [1.82, 2.24) is 16.0 Å². The minimum atomic E-state index is -1.07. The number of nitrogens with one attached hydrogen (secondary N) is 3. The fourth-order valence-corrected chi connectivity index (χ4v) is 4.48. The second-order valence-electron chi connectivity index (χ2n) is 12.2. The number of benzene rings is 3. The van der Waals surface area contributed by atoms with Crippen LogP contribution in [-0.2, 0) is 38.6 Å². The lowest BCUT2D eigenvalue weighted by Gasteiger charge is -2.27. The van der Waals surface area contributed by atoms with Crippen molar-refractivity contribution in [1.29, 1.82) is 0 Å². The van der Waals surface area contributed by atoms with Crippen molar-refractivity contribution >= 4 is 23.8 Å². The third-order valence-electron chi connectivity index (χ3n) is 6.81. The van der Waals surface area contributed by atoms with E-state index in [1.807, 2.05) is 72.8 Å². The first-order chi connectivity index (χ1) is 21.3. The first-order valence-electron chi connectivity index (χ1n) is 15.0. The van der Waals surface area contributed by atoms with Gasteiger partial charge in [-0.3, -0.25) is 14.4 Å². The van der Waals surface area contributed by atoms with Crippen LogP contribution in [-0.4, -0.2) is 47.5 Å². The lowest BCUT2D eigenvalue weighted by atomic mass is 9.99. The van der Waals surface area contributed by atoms with Crippen LogP contribution in [0.1, 0.15) is 51.3 Å². The standard InChI is InChI=1S/C35H44N4O6/c1-23(2)30(33(42)37-28(31(36)40)20-24-12-8-6-9-13-24)39-32(41)29(38-34(43)45-35(3,4)5)21-25-16-18-27(19-17-25)44-22-26-14-10-7-11-15-26/h6-19,23,28-30H,20-22H2,1-5H3,(H2,36,40)(H,37,42)(H,38,43)(H,39,41). The fraction of sp³-hybridized carbons (Fsp3) is 0.371. The lowest BCUT2D eigenvalue weighted by Crippen LogP contribution is -2.58. The number of hydrogen-bond donors (Lipinski definition) is 4. The van der Waals surface area contributed by atoms with Crippen molar-refractivity contribution < 1.29 is 28.7 Å². The molecule has 0 aromatic heterocycles. The number of ether oxygens (including phenoxy) is 2. The summed E-state index contributed by atoms with van der Waals surface area (Å²) in [4.78, 5) is 51.9. The average Bonchev–Trinajstić information content (AvgIpc) is 2.98. The second kappa shape index (κ2) is 16.3. The molecular formula is C35H44N4O6. The smallest absolute Gasteiger partial charge is 0.408 e. The van der Waals surface area contributed by atoms with Gasteiger partial charge in [0.15, 0.2) is 0 Å². The number of nitrogens with two attached hydrogens (primary N) is 1. The number of alkyl carbamates (subject to hydrolysis) is 1. The number of primary amides is 1. The van der Waals surface area contributed by atoms with E-state index in [4.69, 9.17) is 15.2 Å². The summed E-state index contributed by atoms with van der Waals surface area (Å²) in [5.41, 5.74) is 7.42. The van der Waals surface area contributed by atoms with Crippen molar-refractivity contribution in [2.45, 2.75) is 77.8 Å². The van der Waals surface area contributed by atoms with Gasteiger partial charge >= 0.3 is 6.09 Å². The van der Waals surface area contributed by atoms with Crippen molar-refractivity contribution in [3.63, 3.8) is 0 Å². The van der Waals surface area contributed by atoms with Gasteiger partial charge in [0, 0.05) is 12.8 Å². The molecule has 0 saturated carbocycles. The molecule has 3 aromatic rings. The maximum absolute atomic E-state index is 13.6. The third kappa shape index (κ3) is 12.0. The fourth-order valence-electron chi connectivity index (χ4n) is 4.48. The highest BCUT2D eigenvalue weighted by Gasteiger charge is 2.32. The zero-order valence-corrected chi connectivity index (χ0v) is 26.5. The van der Waals surface area contributed by atoms with Crippen LogP contribution in [0.15, 0.2) is 84.9 Å². The zero-order chi connectivity index (χ0) is 33.0. The normalized spacial score (nSPS) is 13.2. The molecule has 5 N–H and O–H groups in total. The summed E-state index contributed by atoms with van der Waals surface area (Å²) in [6.07, 6.45) is -0.448. The van der Waals surface area contributed by atoms with E-state index in [9.17, 15) is 19.2 Å². The van der Waals surface area contributed by atoms with Crippen LogP contribution in [0.3, 0.4) is 0 Å². The maximum atomic E-state index is 13.6. The number of amides is 4. The quantitative estimate of drug-likeness (QED) is 0.215. The molecule has 10 heteroatoms. The summed E-state index contributed by atoms with van der Waals surface area (Å²) in [6, 6.07) is 23.1. The first-order valence-corrected chi connectivity index (χ1v) is 15.0. The van der Waals surface area contributed by atoms with E-state index in [2.05, 4.69) is 16.0 Å². The Morgan fingerprint density at radius 1 is 0.689 bits per heavy atom. The van der Waals surface area contributed by atoms with Crippen LogP contribution in [0.5, 0.6) is 5.75 Å². The monoisotopic (exact) mass is 616 g/mol. The second-order valence-corrected chi connectivity index (χ2v) is 12.2. The van der Waals surface area contributed by atoms with Crippen LogP contribution >= 0.6 is 0 Å². The maximum Gasteiger partial charge on any atom is 0.408 e. The van der Waals surface area contributed by atoms with E-state index >= 15 is 0 Å². The molecule has 0 fully saturated rings. The number of hydrogen-bond acceptors (Lipinski definition) is 6. The zero-order valence-electron chi connectivity index (χ0n) is 26.5. The Morgan fingerprint density at radius 2 is 1.22 bits per heavy atom. The van der Waals surface area contributed by atoms with Gasteiger partial charge < -0.3 is 31.2 Å². The van der Waals surface area contributed by atoms with Gasteiger partial charge in [-0.2, -0.15) is 0 Å². The van der Waals surface area contributed by atoms with E-state index in [0.29, 0.717) is 12.4 Å². The molecule has 0 bridgehead atoms. The highest BCUT2D eigenvalue weighted by molar-refractivity contribution is 5.94. The Balaban J connectivity index is 1.73. The molecule has 45 heavy (non-hydrogen) atoms. The van der Waals surface area contributed by atoms with Gasteiger partial charge in [0.25, 0.3) is 0 Å². The summed E-state index contributed by atoms with van der Waals surface area (Å²) < 4.78 is 11.3. The van der Waals surface area contributed by atoms with Crippen LogP contribution in [0.2, 0.25) is 0 Å². The Hall–Kier alpha value is -4.86. The Labute approximate surface area is 265 Å². The van der Waals surface area contributed by atoms with Crippen molar-refractivity contribution in [2.24, 2.45) is 11.7 Å². The van der Waals surface area contributed by atoms with Gasteiger partial charge in [-0.15, -0.1) is 0 Å². The predicted octanol–water partition coefficient (Wildman–Crippen LogP) is 4.06. The van der Waals surface area contributed by atoms with Crippen LogP contribution in [0, 0.1) is 5.92 Å². The minimum Gasteiger partial charge on any atom is -0.489 e. The molecular weight excluding hydrogens is 572 g/mol. The van der Waals surface area contributed by atoms with Gasteiger partial charge in [-0.05, 0) is 55.5 Å². The molecule has 0 aliphatic heterocycles. The number of carbonyl (C=O) groups is 4. The third-order valence-corrected chi connectivity index (χ3v) is 6.81. The summed E-state index contributed by atoms with van der Waals surface area (Å²) in [5, 5.41) is 8.10. The minimum absolute atomic E-state index is 0.119. The van der Waals surface area contributed by atoms with Crippen molar-refractivity contribution in [3.8, 4) is 5.75 Å². The Bertz CT molecular complexity index is 1410. The van der Waals surface area contributed by atoms with Gasteiger partial charge in [0.05, 0.1) is 0 Å². The van der Waals surface area contributed by atoms with Gasteiger partial charge in [0.1, 0.15) is 36.1 Å². The molecule has 0 saturated heterocycles. The molecule has 3 aromatic carbocycles. The number of rotatable bonds is 14. The molecule has 4 amide bonds. The van der Waals surface area contributed by atoms with E-state index in [1.165, 1.54) is 0 Å². The van der Waals surface area contributed by atoms with Crippen LogP contribution < -0.4 is 26.4 Å². The molecule has 3 unspecified atom stereocenters. The average molecular weight is 617 g/mol. The molecule has 0 heterocycles. The summed E-state index contributed by atoms with van der Waals surface area (Å²) in [5.74, 6) is -1.53. The Morgan fingerprint density at radius 3 is 1.76 bits per heavy atom. The molecule has 240 valence electrons. The summed E-state index contributed by atoms with van der Waals surface area (Å²) in [7, 11) is 0. The highest BCUT2D eigenvalue weighted by atomic mass is 16.6. The predicted molar refractivity (Wildman–Crippen MR) is 172 cm³/mol. The Kier molecular flexibility index (Phi) is 12.5. The van der Waals surface area contributed by atoms with E-state index in [1.54, 1.807) is 46.8 Å². The molecule has 0 radical (unpaired) electrons. The van der Waals surface area contributed by atoms with E-state index in [0.717, 1.165) is 16.7 Å². The van der Waals surface area contributed by atoms with E-state index < -0.39 is 47.5 Å². The SMILES string of the molecule is CC(C)C(NC(=O)C(Cc1ccc(OCc2ccccc2)cc1)NC(=O)OC(C)(C)C)C(=O)NC(Cc1ccccc1)C(N)=O.